The van der Waals surface area contributed by atoms with Gasteiger partial charge in [-0.3, -0.25) is 4.99 Å². The van der Waals surface area contributed by atoms with Crippen molar-refractivity contribution in [3.05, 3.63) is 33.9 Å². The van der Waals surface area contributed by atoms with Crippen LogP contribution in [-0.4, -0.2) is 29.5 Å². The second-order valence-corrected chi connectivity index (χ2v) is 7.65. The Bertz CT molecular complexity index is 669. The molecule has 2 heterocycles. The molecule has 132 valence electrons. The molecular weight excluding hydrogens is 322 g/mol. The maximum absolute atomic E-state index is 5.77. The average Bonchev–Trinajstić information content (AvgIpc) is 3.15. The minimum absolute atomic E-state index is 0.0284. The van der Waals surface area contributed by atoms with Crippen LogP contribution in [0.15, 0.2) is 21.0 Å². The van der Waals surface area contributed by atoms with E-state index in [1.807, 2.05) is 6.92 Å². The number of hydrogen-bond donors (Lipinski definition) is 2. The largest absolute Gasteiger partial charge is 0.443 e. The molecule has 0 aromatic carbocycles. The minimum Gasteiger partial charge on any atom is -0.443 e. The van der Waals surface area contributed by atoms with Crippen LogP contribution in [0.25, 0.3) is 0 Å². The van der Waals surface area contributed by atoms with E-state index in [2.05, 4.69) is 51.7 Å². The Morgan fingerprint density at radius 2 is 2.12 bits per heavy atom. The lowest BCUT2D eigenvalue weighted by Gasteiger charge is -2.13. The van der Waals surface area contributed by atoms with E-state index in [-0.39, 0.29) is 5.41 Å². The van der Waals surface area contributed by atoms with Gasteiger partial charge in [-0.05, 0) is 13.3 Å². The fraction of sp³-hybridized carbons (Fsp3) is 0.588. The van der Waals surface area contributed by atoms with Gasteiger partial charge in [0.1, 0.15) is 5.76 Å². The monoisotopic (exact) mass is 349 g/mol. The molecule has 7 heteroatoms. The molecule has 2 rings (SSSR count). The number of hydrogen-bond acceptors (Lipinski definition) is 5. The average molecular weight is 350 g/mol. The fourth-order valence-corrected chi connectivity index (χ4v) is 2.90. The van der Waals surface area contributed by atoms with Gasteiger partial charge in [0.15, 0.2) is 5.96 Å². The highest BCUT2D eigenvalue weighted by Gasteiger charge is 2.19. The second kappa shape index (κ2) is 8.28. The lowest BCUT2D eigenvalue weighted by molar-refractivity contribution is 0.379. The molecule has 0 radical (unpaired) electrons. The van der Waals surface area contributed by atoms with Crippen molar-refractivity contribution in [1.29, 1.82) is 0 Å². The Hall–Kier alpha value is -1.89. The van der Waals surface area contributed by atoms with Gasteiger partial charge in [-0.2, -0.15) is 0 Å². The summed E-state index contributed by atoms with van der Waals surface area (Å²) in [5.74, 6) is 2.31. The Labute approximate surface area is 147 Å². The van der Waals surface area contributed by atoms with Gasteiger partial charge in [-0.1, -0.05) is 20.8 Å². The van der Waals surface area contributed by atoms with Gasteiger partial charge in [0.05, 0.1) is 17.7 Å². The molecule has 24 heavy (non-hydrogen) atoms. The zero-order valence-corrected chi connectivity index (χ0v) is 16.0. The van der Waals surface area contributed by atoms with Crippen LogP contribution >= 0.6 is 11.3 Å². The number of aryl methyl sites for hydroxylation is 2. The zero-order chi connectivity index (χ0) is 17.6. The number of aromatic nitrogens is 2. The van der Waals surface area contributed by atoms with Crippen molar-refractivity contribution in [3.8, 4) is 0 Å². The van der Waals surface area contributed by atoms with Crippen LogP contribution in [0.1, 0.15) is 49.5 Å². The number of thiazole rings is 1. The van der Waals surface area contributed by atoms with Gasteiger partial charge >= 0.3 is 0 Å². The molecular formula is C17H27N5OS. The molecule has 0 spiro atoms. The number of nitrogens with zero attached hydrogens (tertiary/aromatic N) is 3. The molecule has 0 atom stereocenters. The van der Waals surface area contributed by atoms with Crippen LogP contribution in [0.2, 0.25) is 0 Å². The Morgan fingerprint density at radius 1 is 1.33 bits per heavy atom. The third-order valence-electron chi connectivity index (χ3n) is 3.45. The van der Waals surface area contributed by atoms with E-state index in [1.54, 1.807) is 24.6 Å². The van der Waals surface area contributed by atoms with Crippen LogP contribution < -0.4 is 10.6 Å². The first-order valence-electron chi connectivity index (χ1n) is 8.19. The molecule has 2 N–H and O–H groups in total. The van der Waals surface area contributed by atoms with Crippen molar-refractivity contribution in [3.63, 3.8) is 0 Å². The van der Waals surface area contributed by atoms with Crippen LogP contribution in [0.4, 0.5) is 0 Å². The predicted molar refractivity (Wildman–Crippen MR) is 98.6 cm³/mol. The molecule has 0 amide bonds. The summed E-state index contributed by atoms with van der Waals surface area (Å²) in [6.45, 7) is 9.70. The molecule has 0 aliphatic carbocycles. The fourth-order valence-electron chi connectivity index (χ4n) is 2.08. The van der Waals surface area contributed by atoms with E-state index in [0.29, 0.717) is 12.4 Å². The van der Waals surface area contributed by atoms with E-state index in [1.165, 1.54) is 5.01 Å². The topological polar surface area (TPSA) is 75.3 Å². The van der Waals surface area contributed by atoms with Crippen molar-refractivity contribution >= 4 is 17.3 Å². The maximum atomic E-state index is 5.77. The van der Waals surface area contributed by atoms with Gasteiger partial charge in [0.25, 0.3) is 0 Å². The van der Waals surface area contributed by atoms with Gasteiger partial charge in [0, 0.05) is 36.5 Å². The quantitative estimate of drug-likeness (QED) is 0.476. The summed E-state index contributed by atoms with van der Waals surface area (Å²) in [6, 6.07) is 0. The predicted octanol–water partition coefficient (Wildman–Crippen LogP) is 3.03. The highest BCUT2D eigenvalue weighted by Crippen LogP contribution is 2.22. The van der Waals surface area contributed by atoms with E-state index < -0.39 is 0 Å². The first kappa shape index (κ1) is 18.4. The van der Waals surface area contributed by atoms with Crippen molar-refractivity contribution in [1.82, 2.24) is 20.6 Å². The van der Waals surface area contributed by atoms with E-state index in [9.17, 15) is 0 Å². The Morgan fingerprint density at radius 3 is 2.71 bits per heavy atom. The van der Waals surface area contributed by atoms with Crippen LogP contribution in [0, 0.1) is 6.92 Å². The summed E-state index contributed by atoms with van der Waals surface area (Å²) in [7, 11) is 1.76. The van der Waals surface area contributed by atoms with E-state index in [4.69, 9.17) is 4.42 Å². The number of guanidine groups is 1. The molecule has 6 nitrogen and oxygen atoms in total. The van der Waals surface area contributed by atoms with Crippen molar-refractivity contribution in [2.45, 2.75) is 52.5 Å². The van der Waals surface area contributed by atoms with Crippen molar-refractivity contribution < 1.29 is 4.42 Å². The van der Waals surface area contributed by atoms with Crippen LogP contribution in [0.3, 0.4) is 0 Å². The van der Waals surface area contributed by atoms with Gasteiger partial charge in [0.2, 0.25) is 5.89 Å². The van der Waals surface area contributed by atoms with Crippen LogP contribution in [0.5, 0.6) is 0 Å². The van der Waals surface area contributed by atoms with Gasteiger partial charge < -0.3 is 15.1 Å². The lowest BCUT2D eigenvalue weighted by atomic mass is 9.94. The summed E-state index contributed by atoms with van der Waals surface area (Å²) < 4.78 is 5.77. The molecule has 0 fully saturated rings. The molecule has 2 aromatic heterocycles. The minimum atomic E-state index is -0.0284. The molecule has 0 aliphatic rings. The number of nitrogens with one attached hydrogen (secondary N) is 2. The SMILES string of the molecule is CN=C(NCCCc1nc(C)cs1)NCc1ncc(C(C)(C)C)o1. The van der Waals surface area contributed by atoms with Crippen molar-refractivity contribution in [2.24, 2.45) is 4.99 Å². The second-order valence-electron chi connectivity index (χ2n) is 6.71. The molecule has 0 unspecified atom stereocenters. The summed E-state index contributed by atoms with van der Waals surface area (Å²) in [5.41, 5.74) is 1.07. The highest BCUT2D eigenvalue weighted by atomic mass is 32.1. The molecule has 0 aliphatic heterocycles. The summed E-state index contributed by atoms with van der Waals surface area (Å²) >= 11 is 1.72. The van der Waals surface area contributed by atoms with Gasteiger partial charge in [-0.25, -0.2) is 9.97 Å². The number of aliphatic imine (C=N–C) groups is 1. The lowest BCUT2D eigenvalue weighted by Crippen LogP contribution is -2.37. The van der Waals surface area contributed by atoms with E-state index in [0.717, 1.165) is 36.8 Å². The zero-order valence-electron chi connectivity index (χ0n) is 15.1. The van der Waals surface area contributed by atoms with Crippen LogP contribution in [-0.2, 0) is 18.4 Å². The summed E-state index contributed by atoms with van der Waals surface area (Å²) in [4.78, 5) is 13.0. The maximum Gasteiger partial charge on any atom is 0.213 e. The molecule has 0 saturated heterocycles. The smallest absolute Gasteiger partial charge is 0.213 e. The normalized spacial score (nSPS) is 12.5. The number of oxazole rings is 1. The van der Waals surface area contributed by atoms with E-state index >= 15 is 0 Å². The first-order valence-corrected chi connectivity index (χ1v) is 9.07. The number of rotatable bonds is 6. The summed E-state index contributed by atoms with van der Waals surface area (Å²) in [5, 5.41) is 9.80. The molecule has 0 saturated carbocycles. The third kappa shape index (κ3) is 5.63. The third-order valence-corrected chi connectivity index (χ3v) is 4.48. The van der Waals surface area contributed by atoms with Gasteiger partial charge in [-0.15, -0.1) is 11.3 Å². The molecule has 2 aromatic rings. The Balaban J connectivity index is 1.71. The summed E-state index contributed by atoms with van der Waals surface area (Å²) in [6.07, 6.45) is 3.79. The van der Waals surface area contributed by atoms with Crippen molar-refractivity contribution in [2.75, 3.05) is 13.6 Å². The highest BCUT2D eigenvalue weighted by molar-refractivity contribution is 7.09. The standard InChI is InChI=1S/C17H27N5OS/c1-12-11-24-15(22-12)7-6-8-19-16(18-5)21-10-14-20-9-13(23-14)17(2,3)4/h9,11H,6-8,10H2,1-5H3,(H2,18,19,21). The first-order chi connectivity index (χ1) is 11.4. The Kier molecular flexibility index (Phi) is 6.36. The molecule has 0 bridgehead atoms.